The van der Waals surface area contributed by atoms with Crippen molar-refractivity contribution in [1.82, 2.24) is 5.32 Å². The normalized spacial score (nSPS) is 11.5. The molecule has 0 radical (unpaired) electrons. The second kappa shape index (κ2) is 5.32. The van der Waals surface area contributed by atoms with Crippen LogP contribution in [0.3, 0.4) is 0 Å². The fourth-order valence-electron chi connectivity index (χ4n) is 1.78. The lowest BCUT2D eigenvalue weighted by molar-refractivity contribution is 0.0991. The summed E-state index contributed by atoms with van der Waals surface area (Å²) in [5.74, 6) is -0.0244. The van der Waals surface area contributed by atoms with Crippen LogP contribution in [0.1, 0.15) is 36.7 Å². The Bertz CT molecular complexity index is 405. The monoisotopic (exact) mass is 235 g/mol. The molecule has 0 spiro atoms. The van der Waals surface area contributed by atoms with Gasteiger partial charge in [-0.2, -0.15) is 0 Å². The van der Waals surface area contributed by atoms with Crippen LogP contribution >= 0.6 is 0 Å². The summed E-state index contributed by atoms with van der Waals surface area (Å²) in [6.07, 6.45) is 0.882. The molecule has 1 aromatic rings. The Hall–Kier alpha value is -1.35. The number of phenolic OH excluding ortho intramolecular Hbond substituents is 1. The summed E-state index contributed by atoms with van der Waals surface area (Å²) in [5, 5.41) is 12.5. The molecule has 0 fully saturated rings. The van der Waals surface area contributed by atoms with Crippen molar-refractivity contribution in [3.05, 3.63) is 29.3 Å². The Morgan fingerprint density at radius 2 is 2.00 bits per heavy atom. The number of carbonyl (C=O) groups is 1. The Labute approximate surface area is 103 Å². The van der Waals surface area contributed by atoms with E-state index < -0.39 is 0 Å². The molecular weight excluding hydrogens is 214 g/mol. The number of Topliss-reactive ketones (excluding diaryl/α,β-unsaturated/α-hetero) is 1. The number of carbonyl (C=O) groups excluding carboxylic acids is 1. The number of aromatic hydroxyl groups is 1. The zero-order valence-electron chi connectivity index (χ0n) is 11.0. The second-order valence-corrected chi connectivity index (χ2v) is 5.54. The van der Waals surface area contributed by atoms with Gasteiger partial charge in [0, 0.05) is 0 Å². The van der Waals surface area contributed by atoms with Crippen LogP contribution in [-0.4, -0.2) is 24.5 Å². The number of hydrogen-bond acceptors (Lipinski definition) is 3. The van der Waals surface area contributed by atoms with Gasteiger partial charge in [0.1, 0.15) is 5.75 Å². The minimum Gasteiger partial charge on any atom is -0.507 e. The third kappa shape index (κ3) is 4.19. The van der Waals surface area contributed by atoms with Crippen molar-refractivity contribution in [3.8, 4) is 5.75 Å². The molecule has 3 nitrogen and oxygen atoms in total. The number of rotatable bonds is 4. The minimum absolute atomic E-state index is 0.0582. The number of nitrogens with one attached hydrogen (secondary N) is 1. The van der Waals surface area contributed by atoms with E-state index >= 15 is 0 Å². The molecule has 0 aromatic heterocycles. The third-order valence-electron chi connectivity index (χ3n) is 2.43. The smallest absolute Gasteiger partial charge is 0.180 e. The molecule has 0 aliphatic heterocycles. The number of likely N-dealkylation sites (N-methyl/N-ethyl adjacent to an activating group) is 1. The average Bonchev–Trinajstić information content (AvgIpc) is 2.19. The SMILES string of the molecule is CNCC(=O)c1cc(CC(C)(C)C)ccc1O. The van der Waals surface area contributed by atoms with Crippen LogP contribution in [0.2, 0.25) is 0 Å². The standard InChI is InChI=1S/C14H21NO2/c1-14(2,3)8-10-5-6-12(16)11(7-10)13(17)9-15-4/h5-7,15-16H,8-9H2,1-4H3. The second-order valence-electron chi connectivity index (χ2n) is 5.54. The lowest BCUT2D eigenvalue weighted by Crippen LogP contribution is -2.19. The fraction of sp³-hybridized carbons (Fsp3) is 0.500. The third-order valence-corrected chi connectivity index (χ3v) is 2.43. The number of benzene rings is 1. The first-order chi connectivity index (χ1) is 7.83. The lowest BCUT2D eigenvalue weighted by atomic mass is 9.87. The molecule has 0 bridgehead atoms. The van der Waals surface area contributed by atoms with Gasteiger partial charge in [-0.1, -0.05) is 26.8 Å². The average molecular weight is 235 g/mol. The Kier molecular flexibility index (Phi) is 4.29. The number of phenols is 1. The zero-order chi connectivity index (χ0) is 13.1. The number of hydrogen-bond donors (Lipinski definition) is 2. The first kappa shape index (κ1) is 13.7. The van der Waals surface area contributed by atoms with Crippen molar-refractivity contribution in [2.24, 2.45) is 5.41 Å². The van der Waals surface area contributed by atoms with Gasteiger partial charge in [0.2, 0.25) is 0 Å². The van der Waals surface area contributed by atoms with Gasteiger partial charge in [-0.25, -0.2) is 0 Å². The van der Waals surface area contributed by atoms with Crippen LogP contribution in [0, 0.1) is 5.41 Å². The van der Waals surface area contributed by atoms with E-state index in [-0.39, 0.29) is 23.5 Å². The molecule has 0 saturated carbocycles. The minimum atomic E-state index is -0.0826. The highest BCUT2D eigenvalue weighted by Crippen LogP contribution is 2.25. The molecule has 0 atom stereocenters. The van der Waals surface area contributed by atoms with Gasteiger partial charge in [-0.3, -0.25) is 4.79 Å². The Morgan fingerprint density at radius 1 is 1.35 bits per heavy atom. The van der Waals surface area contributed by atoms with E-state index in [4.69, 9.17) is 0 Å². The molecule has 0 heterocycles. The number of ketones is 1. The van der Waals surface area contributed by atoms with Gasteiger partial charge in [-0.05, 0) is 36.6 Å². The van der Waals surface area contributed by atoms with Crippen molar-refractivity contribution in [1.29, 1.82) is 0 Å². The largest absolute Gasteiger partial charge is 0.507 e. The quantitative estimate of drug-likeness (QED) is 0.788. The molecule has 0 saturated heterocycles. The maximum absolute atomic E-state index is 11.8. The molecule has 0 unspecified atom stereocenters. The molecule has 1 aromatic carbocycles. The van der Waals surface area contributed by atoms with Crippen LogP contribution in [0.5, 0.6) is 5.75 Å². The van der Waals surface area contributed by atoms with E-state index in [1.54, 1.807) is 19.2 Å². The predicted molar refractivity (Wildman–Crippen MR) is 69.5 cm³/mol. The maximum Gasteiger partial charge on any atom is 0.180 e. The van der Waals surface area contributed by atoms with Crippen LogP contribution in [0.4, 0.5) is 0 Å². The molecule has 0 aliphatic rings. The van der Waals surface area contributed by atoms with Crippen LogP contribution < -0.4 is 5.32 Å². The molecule has 3 heteroatoms. The van der Waals surface area contributed by atoms with E-state index in [1.807, 2.05) is 6.07 Å². The van der Waals surface area contributed by atoms with Crippen molar-refractivity contribution >= 4 is 5.78 Å². The molecule has 0 amide bonds. The maximum atomic E-state index is 11.8. The van der Waals surface area contributed by atoms with Gasteiger partial charge in [0.05, 0.1) is 12.1 Å². The summed E-state index contributed by atoms with van der Waals surface area (Å²) < 4.78 is 0. The highest BCUT2D eigenvalue weighted by Gasteiger charge is 2.15. The van der Waals surface area contributed by atoms with Gasteiger partial charge in [0.15, 0.2) is 5.78 Å². The van der Waals surface area contributed by atoms with Crippen molar-refractivity contribution < 1.29 is 9.90 Å². The van der Waals surface area contributed by atoms with Crippen molar-refractivity contribution in [2.45, 2.75) is 27.2 Å². The summed E-state index contributed by atoms with van der Waals surface area (Å²) in [4.78, 5) is 11.8. The molecular formula is C14H21NO2. The van der Waals surface area contributed by atoms with E-state index in [1.165, 1.54) is 0 Å². The van der Waals surface area contributed by atoms with E-state index in [2.05, 4.69) is 26.1 Å². The lowest BCUT2D eigenvalue weighted by Gasteiger charge is -2.18. The molecule has 17 heavy (non-hydrogen) atoms. The van der Waals surface area contributed by atoms with E-state index in [9.17, 15) is 9.90 Å². The predicted octanol–water partition coefficient (Wildman–Crippen LogP) is 2.38. The topological polar surface area (TPSA) is 49.3 Å². The first-order valence-electron chi connectivity index (χ1n) is 5.83. The van der Waals surface area contributed by atoms with Crippen LogP contribution in [0.15, 0.2) is 18.2 Å². The van der Waals surface area contributed by atoms with Crippen molar-refractivity contribution in [2.75, 3.05) is 13.6 Å². The summed E-state index contributed by atoms with van der Waals surface area (Å²) >= 11 is 0. The highest BCUT2D eigenvalue weighted by atomic mass is 16.3. The molecule has 1 rings (SSSR count). The summed E-state index contributed by atoms with van der Waals surface area (Å²) in [6, 6.07) is 5.26. The summed E-state index contributed by atoms with van der Waals surface area (Å²) in [6.45, 7) is 6.69. The zero-order valence-corrected chi connectivity index (χ0v) is 11.0. The highest BCUT2D eigenvalue weighted by molar-refractivity contribution is 6.00. The van der Waals surface area contributed by atoms with Gasteiger partial charge in [0.25, 0.3) is 0 Å². The van der Waals surface area contributed by atoms with Crippen molar-refractivity contribution in [3.63, 3.8) is 0 Å². The molecule has 2 N–H and O–H groups in total. The van der Waals surface area contributed by atoms with E-state index in [0.29, 0.717) is 5.56 Å². The molecule has 0 aliphatic carbocycles. The fourth-order valence-corrected chi connectivity index (χ4v) is 1.78. The van der Waals surface area contributed by atoms with Crippen LogP contribution in [-0.2, 0) is 6.42 Å². The molecule has 94 valence electrons. The summed E-state index contributed by atoms with van der Waals surface area (Å²) in [5.41, 5.74) is 1.65. The Morgan fingerprint density at radius 3 is 2.53 bits per heavy atom. The first-order valence-corrected chi connectivity index (χ1v) is 5.83. The van der Waals surface area contributed by atoms with Crippen LogP contribution in [0.25, 0.3) is 0 Å². The Balaban J connectivity index is 2.98. The van der Waals surface area contributed by atoms with Gasteiger partial charge < -0.3 is 10.4 Å². The van der Waals surface area contributed by atoms with Gasteiger partial charge in [-0.15, -0.1) is 0 Å². The summed E-state index contributed by atoms with van der Waals surface area (Å²) in [7, 11) is 1.72. The van der Waals surface area contributed by atoms with Gasteiger partial charge >= 0.3 is 0 Å². The van der Waals surface area contributed by atoms with E-state index in [0.717, 1.165) is 12.0 Å².